The molecule has 0 saturated heterocycles. The Bertz CT molecular complexity index is 473. The predicted octanol–water partition coefficient (Wildman–Crippen LogP) is 3.50. The second-order valence-electron chi connectivity index (χ2n) is 6.24. The first-order valence-corrected chi connectivity index (χ1v) is 6.94. The molecule has 0 aromatic heterocycles. The van der Waals surface area contributed by atoms with Crippen molar-refractivity contribution in [1.29, 1.82) is 0 Å². The summed E-state index contributed by atoms with van der Waals surface area (Å²) in [5, 5.41) is 0. The van der Waals surface area contributed by atoms with Gasteiger partial charge in [-0.1, -0.05) is 12.1 Å². The van der Waals surface area contributed by atoms with E-state index in [2.05, 4.69) is 4.74 Å². The number of ether oxygens (including phenoxy) is 1. The normalized spacial score (nSPS) is 32.0. The van der Waals surface area contributed by atoms with Gasteiger partial charge < -0.3 is 10.5 Å². The van der Waals surface area contributed by atoms with E-state index in [0.717, 1.165) is 36.7 Å². The lowest BCUT2D eigenvalue weighted by molar-refractivity contribution is -0.274. The van der Waals surface area contributed by atoms with Crippen LogP contribution in [0.2, 0.25) is 0 Å². The third kappa shape index (κ3) is 2.92. The number of alkyl halides is 3. The summed E-state index contributed by atoms with van der Waals surface area (Å²) in [6.07, 6.45) is -0.125. The van der Waals surface area contributed by atoms with E-state index < -0.39 is 6.36 Å². The number of benzene rings is 1. The fourth-order valence-corrected chi connectivity index (χ4v) is 3.63. The van der Waals surface area contributed by atoms with Gasteiger partial charge in [0.2, 0.25) is 0 Å². The van der Waals surface area contributed by atoms with Crippen molar-refractivity contribution in [3.8, 4) is 5.75 Å². The van der Waals surface area contributed by atoms with Gasteiger partial charge in [0.25, 0.3) is 0 Å². The molecule has 0 bridgehead atoms. The first kappa shape index (κ1) is 13.7. The standard InChI is InChI=1S/C15H18F3NO/c16-15(17,18)20-13-3-1-10(2-4-13)6-14(9-19)7-11-5-12(11)8-14/h1-4,11-12H,5-9,19H2. The van der Waals surface area contributed by atoms with Crippen LogP contribution < -0.4 is 10.5 Å². The zero-order chi connectivity index (χ0) is 14.4. The lowest BCUT2D eigenvalue weighted by atomic mass is 9.77. The van der Waals surface area contributed by atoms with Crippen LogP contribution in [0.1, 0.15) is 24.8 Å². The summed E-state index contributed by atoms with van der Waals surface area (Å²) in [6, 6.07) is 6.18. The molecule has 0 spiro atoms. The summed E-state index contributed by atoms with van der Waals surface area (Å²) in [7, 11) is 0. The highest BCUT2D eigenvalue weighted by Gasteiger charge is 2.52. The molecular formula is C15H18F3NO. The Hall–Kier alpha value is -1.23. The van der Waals surface area contributed by atoms with Crippen molar-refractivity contribution in [2.45, 2.75) is 32.0 Å². The van der Waals surface area contributed by atoms with Crippen molar-refractivity contribution in [2.75, 3.05) is 6.54 Å². The molecule has 2 N–H and O–H groups in total. The molecule has 2 fully saturated rings. The Morgan fingerprint density at radius 1 is 1.15 bits per heavy atom. The van der Waals surface area contributed by atoms with Crippen LogP contribution in [0, 0.1) is 17.3 Å². The molecule has 2 nitrogen and oxygen atoms in total. The van der Waals surface area contributed by atoms with Gasteiger partial charge in [-0.25, -0.2) is 0 Å². The van der Waals surface area contributed by atoms with Gasteiger partial charge in [-0.15, -0.1) is 13.2 Å². The quantitative estimate of drug-likeness (QED) is 0.919. The summed E-state index contributed by atoms with van der Waals surface area (Å²) >= 11 is 0. The number of fused-ring (bicyclic) bond motifs is 1. The molecule has 0 aliphatic heterocycles. The molecule has 2 aliphatic rings. The number of halogens is 3. The van der Waals surface area contributed by atoms with Gasteiger partial charge in [0.15, 0.2) is 0 Å². The smallest absolute Gasteiger partial charge is 0.406 e. The largest absolute Gasteiger partial charge is 0.573 e. The summed E-state index contributed by atoms with van der Waals surface area (Å²) in [4.78, 5) is 0. The second kappa shape index (κ2) is 4.65. The van der Waals surface area contributed by atoms with Crippen molar-refractivity contribution >= 4 is 0 Å². The molecule has 20 heavy (non-hydrogen) atoms. The van der Waals surface area contributed by atoms with Gasteiger partial charge in [0.1, 0.15) is 5.75 Å². The lowest BCUT2D eigenvalue weighted by Crippen LogP contribution is -2.31. The zero-order valence-corrected chi connectivity index (χ0v) is 11.1. The van der Waals surface area contributed by atoms with Gasteiger partial charge in [-0.05, 0) is 67.2 Å². The van der Waals surface area contributed by atoms with Crippen molar-refractivity contribution in [2.24, 2.45) is 23.0 Å². The maximum absolute atomic E-state index is 12.1. The highest BCUT2D eigenvalue weighted by Crippen LogP contribution is 2.60. The van der Waals surface area contributed by atoms with Crippen LogP contribution in [0.4, 0.5) is 13.2 Å². The number of rotatable bonds is 4. The van der Waals surface area contributed by atoms with Crippen LogP contribution in [-0.4, -0.2) is 12.9 Å². The van der Waals surface area contributed by atoms with E-state index in [1.54, 1.807) is 12.1 Å². The molecule has 1 aromatic rings. The average molecular weight is 285 g/mol. The summed E-state index contributed by atoms with van der Waals surface area (Å²) < 4.78 is 40.2. The molecule has 0 amide bonds. The van der Waals surface area contributed by atoms with Gasteiger partial charge >= 0.3 is 6.36 Å². The summed E-state index contributed by atoms with van der Waals surface area (Å²) in [5.41, 5.74) is 7.13. The Kier molecular flexibility index (Phi) is 3.20. The third-order valence-corrected chi connectivity index (χ3v) is 4.63. The zero-order valence-electron chi connectivity index (χ0n) is 11.1. The summed E-state index contributed by atoms with van der Waals surface area (Å²) in [6.45, 7) is 0.654. The van der Waals surface area contributed by atoms with Crippen LogP contribution in [0.3, 0.4) is 0 Å². The van der Waals surface area contributed by atoms with Gasteiger partial charge in [0.05, 0.1) is 0 Å². The Morgan fingerprint density at radius 3 is 2.25 bits per heavy atom. The van der Waals surface area contributed by atoms with E-state index in [4.69, 9.17) is 5.73 Å². The van der Waals surface area contributed by atoms with Crippen molar-refractivity contribution in [3.63, 3.8) is 0 Å². The lowest BCUT2D eigenvalue weighted by Gasteiger charge is -2.29. The molecule has 1 aromatic carbocycles. The maximum atomic E-state index is 12.1. The van der Waals surface area contributed by atoms with Crippen LogP contribution in [0.5, 0.6) is 5.75 Å². The van der Waals surface area contributed by atoms with Crippen LogP contribution >= 0.6 is 0 Å². The predicted molar refractivity (Wildman–Crippen MR) is 69.1 cm³/mol. The van der Waals surface area contributed by atoms with Gasteiger partial charge in [-0.2, -0.15) is 0 Å². The SMILES string of the molecule is NCC1(Cc2ccc(OC(F)(F)F)cc2)CC2CC2C1. The minimum Gasteiger partial charge on any atom is -0.406 e. The molecule has 0 radical (unpaired) electrons. The molecule has 110 valence electrons. The summed E-state index contributed by atoms with van der Waals surface area (Å²) in [5.74, 6) is 1.51. The molecule has 3 rings (SSSR count). The molecule has 0 heterocycles. The molecule has 2 unspecified atom stereocenters. The maximum Gasteiger partial charge on any atom is 0.573 e. The van der Waals surface area contributed by atoms with Crippen molar-refractivity contribution < 1.29 is 17.9 Å². The molecular weight excluding hydrogens is 267 g/mol. The van der Waals surface area contributed by atoms with Crippen molar-refractivity contribution in [3.05, 3.63) is 29.8 Å². The number of hydrogen-bond donors (Lipinski definition) is 1. The molecule has 2 saturated carbocycles. The highest BCUT2D eigenvalue weighted by atomic mass is 19.4. The molecule has 2 atom stereocenters. The van der Waals surface area contributed by atoms with Crippen molar-refractivity contribution in [1.82, 2.24) is 0 Å². The number of hydrogen-bond acceptors (Lipinski definition) is 2. The van der Waals surface area contributed by atoms with E-state index >= 15 is 0 Å². The van der Waals surface area contributed by atoms with Crippen LogP contribution in [0.25, 0.3) is 0 Å². The average Bonchev–Trinajstić information content (AvgIpc) is 2.98. The third-order valence-electron chi connectivity index (χ3n) is 4.63. The fourth-order valence-electron chi connectivity index (χ4n) is 3.63. The monoisotopic (exact) mass is 285 g/mol. The van der Waals surface area contributed by atoms with Crippen LogP contribution in [-0.2, 0) is 6.42 Å². The second-order valence-corrected chi connectivity index (χ2v) is 6.24. The van der Waals surface area contributed by atoms with Gasteiger partial charge in [-0.3, -0.25) is 0 Å². The van der Waals surface area contributed by atoms with Crippen LogP contribution in [0.15, 0.2) is 24.3 Å². The number of nitrogens with two attached hydrogens (primary N) is 1. The van der Waals surface area contributed by atoms with E-state index in [1.807, 2.05) is 0 Å². The Labute approximate surface area is 116 Å². The highest BCUT2D eigenvalue weighted by molar-refractivity contribution is 5.28. The van der Waals surface area contributed by atoms with E-state index in [1.165, 1.54) is 18.6 Å². The topological polar surface area (TPSA) is 35.2 Å². The van der Waals surface area contributed by atoms with E-state index in [9.17, 15) is 13.2 Å². The first-order valence-electron chi connectivity index (χ1n) is 6.94. The Morgan fingerprint density at radius 2 is 1.75 bits per heavy atom. The minimum absolute atomic E-state index is 0.153. The van der Waals surface area contributed by atoms with E-state index in [-0.39, 0.29) is 11.2 Å². The van der Waals surface area contributed by atoms with Gasteiger partial charge in [0, 0.05) is 0 Å². The van der Waals surface area contributed by atoms with E-state index in [0.29, 0.717) is 6.54 Å². The molecule has 5 heteroatoms. The molecule has 2 aliphatic carbocycles. The Balaban J connectivity index is 1.66. The first-order chi connectivity index (χ1) is 9.39. The minimum atomic E-state index is -4.63. The fraction of sp³-hybridized carbons (Fsp3) is 0.600.